The second kappa shape index (κ2) is 11.4. The molecule has 1 heterocycles. The molecule has 3 aromatic rings. The van der Waals surface area contributed by atoms with E-state index in [9.17, 15) is 14.7 Å². The standard InChI is InChI=1S/C26H26N4O3S/c31-24(32)17-23(18-8-2-1-3-9-18)34-22-13-5-4-12-21(22)30-25(33)19-10-6-11-20(16-19)29-26-27-14-7-15-28-26/h1-6,8-13,16,23H,7,14-15,17H2,(H,30,33)(H,31,32)(H2,27,28,29). The average molecular weight is 475 g/mol. The zero-order valence-corrected chi connectivity index (χ0v) is 19.3. The largest absolute Gasteiger partial charge is 0.481 e. The van der Waals surface area contributed by atoms with Gasteiger partial charge in [0.25, 0.3) is 5.91 Å². The molecule has 0 radical (unpaired) electrons. The van der Waals surface area contributed by atoms with Crippen LogP contribution in [0, 0.1) is 0 Å². The lowest BCUT2D eigenvalue weighted by Crippen LogP contribution is -2.35. The number of nitrogens with zero attached hydrogens (tertiary/aromatic N) is 1. The first-order valence-electron chi connectivity index (χ1n) is 11.1. The number of benzene rings is 3. The summed E-state index contributed by atoms with van der Waals surface area (Å²) < 4.78 is 0. The quantitative estimate of drug-likeness (QED) is 0.342. The zero-order chi connectivity index (χ0) is 23.8. The van der Waals surface area contributed by atoms with E-state index in [4.69, 9.17) is 0 Å². The van der Waals surface area contributed by atoms with Gasteiger partial charge in [-0.25, -0.2) is 0 Å². The zero-order valence-electron chi connectivity index (χ0n) is 18.5. The summed E-state index contributed by atoms with van der Waals surface area (Å²) in [6.45, 7) is 1.64. The molecule has 1 amide bonds. The minimum Gasteiger partial charge on any atom is -0.481 e. The minimum absolute atomic E-state index is 0.0252. The van der Waals surface area contributed by atoms with Gasteiger partial charge in [0.15, 0.2) is 5.96 Å². The highest BCUT2D eigenvalue weighted by atomic mass is 32.2. The Kier molecular flexibility index (Phi) is 7.83. The van der Waals surface area contributed by atoms with Crippen molar-refractivity contribution in [2.24, 2.45) is 4.99 Å². The van der Waals surface area contributed by atoms with E-state index in [0.717, 1.165) is 35.7 Å². The van der Waals surface area contributed by atoms with Crippen LogP contribution in [-0.4, -0.2) is 36.0 Å². The molecule has 8 heteroatoms. The van der Waals surface area contributed by atoms with E-state index >= 15 is 0 Å². The van der Waals surface area contributed by atoms with Gasteiger partial charge in [-0.05, 0) is 42.3 Å². The van der Waals surface area contributed by atoms with Crippen LogP contribution in [0.2, 0.25) is 0 Å². The molecular formula is C26H26N4O3S. The van der Waals surface area contributed by atoms with Crippen LogP contribution in [0.5, 0.6) is 0 Å². The number of guanidine groups is 1. The Morgan fingerprint density at radius 3 is 2.59 bits per heavy atom. The average Bonchev–Trinajstić information content (AvgIpc) is 2.86. The first-order valence-corrected chi connectivity index (χ1v) is 12.0. The minimum atomic E-state index is -0.871. The molecule has 4 N–H and O–H groups in total. The van der Waals surface area contributed by atoms with Crippen molar-refractivity contribution in [3.8, 4) is 0 Å². The van der Waals surface area contributed by atoms with Gasteiger partial charge in [0.05, 0.1) is 12.1 Å². The van der Waals surface area contributed by atoms with E-state index in [1.807, 2.05) is 66.7 Å². The second-order valence-electron chi connectivity index (χ2n) is 7.78. The van der Waals surface area contributed by atoms with Crippen LogP contribution in [0.4, 0.5) is 11.4 Å². The van der Waals surface area contributed by atoms with Crippen molar-refractivity contribution >= 4 is 41.0 Å². The van der Waals surface area contributed by atoms with Crippen molar-refractivity contribution in [1.82, 2.24) is 5.32 Å². The monoisotopic (exact) mass is 474 g/mol. The summed E-state index contributed by atoms with van der Waals surface area (Å²) in [5, 5.41) is 18.5. The normalized spacial score (nSPS) is 13.8. The van der Waals surface area contributed by atoms with Gasteiger partial charge < -0.3 is 21.1 Å². The van der Waals surface area contributed by atoms with E-state index in [0.29, 0.717) is 17.2 Å². The number of aliphatic imine (C=N–C) groups is 1. The van der Waals surface area contributed by atoms with Gasteiger partial charge in [0, 0.05) is 34.5 Å². The van der Waals surface area contributed by atoms with Crippen LogP contribution >= 0.6 is 11.8 Å². The van der Waals surface area contributed by atoms with Crippen LogP contribution in [-0.2, 0) is 4.79 Å². The van der Waals surface area contributed by atoms with Crippen LogP contribution in [0.1, 0.15) is 34.0 Å². The summed E-state index contributed by atoms with van der Waals surface area (Å²) in [6, 6.07) is 24.2. The first-order chi connectivity index (χ1) is 16.6. The van der Waals surface area contributed by atoms with Crippen molar-refractivity contribution in [3.05, 3.63) is 90.0 Å². The second-order valence-corrected chi connectivity index (χ2v) is 9.03. The molecule has 0 fully saturated rings. The number of amides is 1. The van der Waals surface area contributed by atoms with Crippen molar-refractivity contribution in [1.29, 1.82) is 0 Å². The van der Waals surface area contributed by atoms with Gasteiger partial charge in [-0.2, -0.15) is 0 Å². The maximum absolute atomic E-state index is 13.1. The smallest absolute Gasteiger partial charge is 0.304 e. The number of carbonyl (C=O) groups is 2. The Labute approximate surface area is 202 Å². The summed E-state index contributed by atoms with van der Waals surface area (Å²) in [4.78, 5) is 29.8. The van der Waals surface area contributed by atoms with Crippen molar-refractivity contribution in [2.45, 2.75) is 23.0 Å². The number of rotatable bonds is 8. The summed E-state index contributed by atoms with van der Waals surface area (Å²) in [5.41, 5.74) is 2.84. The number of carbonyl (C=O) groups excluding carboxylic acids is 1. The number of carboxylic acid groups (broad SMARTS) is 1. The highest BCUT2D eigenvalue weighted by Gasteiger charge is 2.19. The maximum atomic E-state index is 13.1. The molecule has 1 aliphatic rings. The molecule has 1 aliphatic heterocycles. The highest BCUT2D eigenvalue weighted by molar-refractivity contribution is 7.99. The fraction of sp³-hybridized carbons (Fsp3) is 0.192. The van der Waals surface area contributed by atoms with Crippen LogP contribution < -0.4 is 16.0 Å². The van der Waals surface area contributed by atoms with E-state index < -0.39 is 5.97 Å². The lowest BCUT2D eigenvalue weighted by Gasteiger charge is -2.18. The number of carboxylic acids is 1. The van der Waals surface area contributed by atoms with Crippen LogP contribution in [0.15, 0.2) is 88.8 Å². The maximum Gasteiger partial charge on any atom is 0.304 e. The molecule has 1 atom stereocenters. The molecular weight excluding hydrogens is 448 g/mol. The van der Waals surface area contributed by atoms with Gasteiger partial charge in [0.1, 0.15) is 0 Å². The van der Waals surface area contributed by atoms with Crippen molar-refractivity contribution in [3.63, 3.8) is 0 Å². The van der Waals surface area contributed by atoms with Gasteiger partial charge in [-0.1, -0.05) is 48.5 Å². The molecule has 7 nitrogen and oxygen atoms in total. The van der Waals surface area contributed by atoms with E-state index in [1.54, 1.807) is 12.1 Å². The molecule has 0 aromatic heterocycles. The molecule has 0 saturated carbocycles. The third-order valence-corrected chi connectivity index (χ3v) is 6.55. The van der Waals surface area contributed by atoms with Crippen molar-refractivity contribution in [2.75, 3.05) is 23.7 Å². The summed E-state index contributed by atoms with van der Waals surface area (Å²) in [6.07, 6.45) is 0.977. The van der Waals surface area contributed by atoms with E-state index in [2.05, 4.69) is 20.9 Å². The van der Waals surface area contributed by atoms with Gasteiger partial charge in [-0.3, -0.25) is 14.6 Å². The fourth-order valence-electron chi connectivity index (χ4n) is 3.57. The topological polar surface area (TPSA) is 103 Å². The summed E-state index contributed by atoms with van der Waals surface area (Å²) >= 11 is 1.43. The molecule has 34 heavy (non-hydrogen) atoms. The highest BCUT2D eigenvalue weighted by Crippen LogP contribution is 2.41. The van der Waals surface area contributed by atoms with Crippen LogP contribution in [0.25, 0.3) is 0 Å². The predicted octanol–water partition coefficient (Wildman–Crippen LogP) is 5.01. The Hall–Kier alpha value is -3.78. The van der Waals surface area contributed by atoms with Crippen LogP contribution in [0.3, 0.4) is 0 Å². The first kappa shape index (κ1) is 23.4. The molecule has 3 aromatic carbocycles. The third-order valence-electron chi connectivity index (χ3n) is 5.22. The number of hydrogen-bond donors (Lipinski definition) is 4. The van der Waals surface area contributed by atoms with E-state index in [-0.39, 0.29) is 17.6 Å². The lowest BCUT2D eigenvalue weighted by atomic mass is 10.1. The Balaban J connectivity index is 1.50. The predicted molar refractivity (Wildman–Crippen MR) is 137 cm³/mol. The SMILES string of the molecule is O=C(O)CC(Sc1ccccc1NC(=O)c1cccc(NC2=NCCCN2)c1)c1ccccc1. The molecule has 174 valence electrons. The number of thioether (sulfide) groups is 1. The Bertz CT molecular complexity index is 1180. The molecule has 0 bridgehead atoms. The Morgan fingerprint density at radius 1 is 1.03 bits per heavy atom. The molecule has 4 rings (SSSR count). The number of para-hydroxylation sites is 1. The lowest BCUT2D eigenvalue weighted by molar-refractivity contribution is -0.137. The molecule has 0 aliphatic carbocycles. The Morgan fingerprint density at radius 2 is 1.82 bits per heavy atom. The fourth-order valence-corrected chi connectivity index (χ4v) is 4.79. The number of anilines is 2. The van der Waals surface area contributed by atoms with Gasteiger partial charge in [-0.15, -0.1) is 11.8 Å². The number of hydrogen-bond acceptors (Lipinski definition) is 6. The number of aliphatic carboxylic acids is 1. The summed E-state index contributed by atoms with van der Waals surface area (Å²) in [5.74, 6) is -0.412. The van der Waals surface area contributed by atoms with E-state index in [1.165, 1.54) is 11.8 Å². The van der Waals surface area contributed by atoms with Gasteiger partial charge >= 0.3 is 5.97 Å². The summed E-state index contributed by atoms with van der Waals surface area (Å²) in [7, 11) is 0. The molecule has 0 saturated heterocycles. The third kappa shape index (κ3) is 6.39. The van der Waals surface area contributed by atoms with Gasteiger partial charge in [0.2, 0.25) is 0 Å². The van der Waals surface area contributed by atoms with Crippen molar-refractivity contribution < 1.29 is 14.7 Å². The molecule has 1 unspecified atom stereocenters. The molecule has 0 spiro atoms. The number of nitrogens with one attached hydrogen (secondary N) is 3.